The summed E-state index contributed by atoms with van der Waals surface area (Å²) in [5.41, 5.74) is 0.634. The topological polar surface area (TPSA) is 61.0 Å². The van der Waals surface area contributed by atoms with Crippen molar-refractivity contribution in [3.8, 4) is 0 Å². The van der Waals surface area contributed by atoms with Gasteiger partial charge in [-0.05, 0) is 31.4 Å². The van der Waals surface area contributed by atoms with E-state index in [1.165, 1.54) is 4.88 Å². The van der Waals surface area contributed by atoms with Crippen molar-refractivity contribution in [3.05, 3.63) is 40.1 Å². The largest absolute Gasteiger partial charge is 0.357 e. The summed E-state index contributed by atoms with van der Waals surface area (Å²) in [4.78, 5) is 23.2. The number of carbonyl (C=O) groups excluding carboxylic acids is 1. The van der Waals surface area contributed by atoms with E-state index in [4.69, 9.17) is 0 Å². The molecule has 0 bridgehead atoms. The number of H-pyrrole nitrogens is 1. The summed E-state index contributed by atoms with van der Waals surface area (Å²) in [6.07, 6.45) is 4.74. The lowest BCUT2D eigenvalue weighted by Crippen LogP contribution is -2.49. The molecule has 1 fully saturated rings. The Labute approximate surface area is 134 Å². The molecule has 1 amide bonds. The zero-order chi connectivity index (χ0) is 15.5. The highest BCUT2D eigenvalue weighted by atomic mass is 32.1. The number of hydrogen-bond donors (Lipinski definition) is 2. The van der Waals surface area contributed by atoms with Gasteiger partial charge >= 0.3 is 0 Å². The first-order valence-electron chi connectivity index (χ1n) is 7.69. The number of likely N-dealkylation sites (tertiary alicyclic amines) is 1. The van der Waals surface area contributed by atoms with Gasteiger partial charge in [-0.1, -0.05) is 6.92 Å². The van der Waals surface area contributed by atoms with E-state index in [-0.39, 0.29) is 11.9 Å². The van der Waals surface area contributed by atoms with Gasteiger partial charge in [0.1, 0.15) is 5.69 Å². The second-order valence-corrected chi connectivity index (χ2v) is 7.33. The van der Waals surface area contributed by atoms with Crippen LogP contribution in [0.1, 0.15) is 33.7 Å². The van der Waals surface area contributed by atoms with E-state index in [9.17, 15) is 4.79 Å². The van der Waals surface area contributed by atoms with Crippen LogP contribution in [0, 0.1) is 12.8 Å². The van der Waals surface area contributed by atoms with Crippen LogP contribution in [0.3, 0.4) is 0 Å². The van der Waals surface area contributed by atoms with Crippen LogP contribution >= 0.6 is 11.3 Å². The average molecular weight is 318 g/mol. The number of hydrogen-bond acceptors (Lipinski definition) is 4. The van der Waals surface area contributed by atoms with Gasteiger partial charge in [-0.3, -0.25) is 9.69 Å². The minimum Gasteiger partial charge on any atom is -0.357 e. The Morgan fingerprint density at radius 2 is 2.45 bits per heavy atom. The molecule has 1 aliphatic rings. The fourth-order valence-electron chi connectivity index (χ4n) is 3.01. The number of aromatic nitrogens is 2. The molecule has 0 spiro atoms. The quantitative estimate of drug-likeness (QED) is 0.910. The van der Waals surface area contributed by atoms with Crippen LogP contribution in [0.15, 0.2) is 24.5 Å². The number of rotatable bonds is 4. The van der Waals surface area contributed by atoms with Gasteiger partial charge in [0, 0.05) is 42.9 Å². The minimum absolute atomic E-state index is 0.00613. The molecule has 22 heavy (non-hydrogen) atoms. The van der Waals surface area contributed by atoms with Gasteiger partial charge in [0.05, 0.1) is 5.01 Å². The third-order valence-electron chi connectivity index (χ3n) is 4.20. The average Bonchev–Trinajstić information content (AvgIpc) is 3.13. The van der Waals surface area contributed by atoms with Crippen molar-refractivity contribution in [2.24, 2.45) is 5.92 Å². The van der Waals surface area contributed by atoms with E-state index in [1.807, 2.05) is 19.2 Å². The molecule has 1 saturated heterocycles. The zero-order valence-corrected chi connectivity index (χ0v) is 13.8. The predicted molar refractivity (Wildman–Crippen MR) is 88.0 cm³/mol. The Balaban J connectivity index is 1.52. The summed E-state index contributed by atoms with van der Waals surface area (Å²) >= 11 is 1.77. The molecule has 2 atom stereocenters. The van der Waals surface area contributed by atoms with Gasteiger partial charge in [0.15, 0.2) is 0 Å². The maximum absolute atomic E-state index is 12.1. The number of nitrogens with zero attached hydrogens (tertiary/aromatic N) is 2. The lowest BCUT2D eigenvalue weighted by Gasteiger charge is -2.37. The van der Waals surface area contributed by atoms with E-state index in [0.717, 1.165) is 31.1 Å². The highest BCUT2D eigenvalue weighted by Crippen LogP contribution is 2.21. The van der Waals surface area contributed by atoms with E-state index in [2.05, 4.69) is 27.1 Å². The molecule has 0 radical (unpaired) electrons. The first kappa shape index (κ1) is 15.2. The van der Waals surface area contributed by atoms with Crippen molar-refractivity contribution in [2.45, 2.75) is 32.9 Å². The number of nitrogens with one attached hydrogen (secondary N) is 2. The van der Waals surface area contributed by atoms with Gasteiger partial charge in [0.25, 0.3) is 5.91 Å². The molecular weight excluding hydrogens is 296 g/mol. The maximum Gasteiger partial charge on any atom is 0.267 e. The second kappa shape index (κ2) is 6.62. The molecule has 6 heteroatoms. The smallest absolute Gasteiger partial charge is 0.267 e. The Bertz CT molecular complexity index is 622. The number of aryl methyl sites for hydroxylation is 1. The summed E-state index contributed by atoms with van der Waals surface area (Å²) in [6.45, 7) is 7.24. The Morgan fingerprint density at radius 3 is 3.09 bits per heavy atom. The van der Waals surface area contributed by atoms with Crippen LogP contribution in [-0.2, 0) is 6.54 Å². The lowest BCUT2D eigenvalue weighted by molar-refractivity contribution is 0.0857. The minimum atomic E-state index is -0.00613. The van der Waals surface area contributed by atoms with Crippen LogP contribution in [0.2, 0.25) is 0 Å². The number of piperidine rings is 1. The molecule has 2 aromatic rings. The standard InChI is InChI=1S/C16H22N4OS/c1-11-9-20(10-13-8-18-12(2)22-13)7-5-14(11)19-16(21)15-4-3-6-17-15/h3-4,6,8,11,14,17H,5,7,9-10H2,1-2H3,(H,19,21)/t11-,14+/m1/s1. The number of aromatic amines is 1. The SMILES string of the molecule is Cc1ncc(CN2CC[C@H](NC(=O)c3ccc[nH]3)[C@H](C)C2)s1. The molecule has 118 valence electrons. The summed E-state index contributed by atoms with van der Waals surface area (Å²) in [5.74, 6) is 0.440. The lowest BCUT2D eigenvalue weighted by atomic mass is 9.93. The van der Waals surface area contributed by atoms with E-state index in [1.54, 1.807) is 23.6 Å². The summed E-state index contributed by atoms with van der Waals surface area (Å²) in [6, 6.07) is 3.90. The van der Waals surface area contributed by atoms with Crippen LogP contribution in [0.5, 0.6) is 0 Å². The first-order valence-corrected chi connectivity index (χ1v) is 8.51. The molecule has 5 nitrogen and oxygen atoms in total. The fourth-order valence-corrected chi connectivity index (χ4v) is 3.84. The van der Waals surface area contributed by atoms with E-state index >= 15 is 0 Å². The number of amides is 1. The fraction of sp³-hybridized carbons (Fsp3) is 0.500. The van der Waals surface area contributed by atoms with Gasteiger partial charge in [-0.15, -0.1) is 11.3 Å². The van der Waals surface area contributed by atoms with Gasteiger partial charge in [0.2, 0.25) is 0 Å². The number of thiazole rings is 1. The summed E-state index contributed by atoms with van der Waals surface area (Å²) in [7, 11) is 0. The van der Waals surface area contributed by atoms with E-state index < -0.39 is 0 Å². The van der Waals surface area contributed by atoms with E-state index in [0.29, 0.717) is 11.6 Å². The van der Waals surface area contributed by atoms with Gasteiger partial charge < -0.3 is 10.3 Å². The van der Waals surface area contributed by atoms with Crippen LogP contribution in [-0.4, -0.2) is 39.9 Å². The van der Waals surface area contributed by atoms with Crippen LogP contribution < -0.4 is 5.32 Å². The van der Waals surface area contributed by atoms with Gasteiger partial charge in [-0.2, -0.15) is 0 Å². The molecule has 0 saturated carbocycles. The van der Waals surface area contributed by atoms with Crippen molar-refractivity contribution in [1.82, 2.24) is 20.2 Å². The van der Waals surface area contributed by atoms with Crippen molar-refractivity contribution in [2.75, 3.05) is 13.1 Å². The third-order valence-corrected chi connectivity index (χ3v) is 5.09. The Hall–Kier alpha value is -1.66. The molecule has 3 heterocycles. The molecule has 2 aromatic heterocycles. The summed E-state index contributed by atoms with van der Waals surface area (Å²) < 4.78 is 0. The number of carbonyl (C=O) groups is 1. The normalized spacial score (nSPS) is 22.6. The molecule has 0 unspecified atom stereocenters. The van der Waals surface area contributed by atoms with Crippen molar-refractivity contribution < 1.29 is 4.79 Å². The van der Waals surface area contributed by atoms with Crippen molar-refractivity contribution >= 4 is 17.2 Å². The highest BCUT2D eigenvalue weighted by Gasteiger charge is 2.27. The molecule has 1 aliphatic heterocycles. The molecule has 3 rings (SSSR count). The van der Waals surface area contributed by atoms with Crippen LogP contribution in [0.25, 0.3) is 0 Å². The first-order chi connectivity index (χ1) is 10.6. The highest BCUT2D eigenvalue weighted by molar-refractivity contribution is 7.11. The molecular formula is C16H22N4OS. The van der Waals surface area contributed by atoms with Gasteiger partial charge in [-0.25, -0.2) is 4.98 Å². The molecule has 0 aliphatic carbocycles. The Kier molecular flexibility index (Phi) is 4.59. The van der Waals surface area contributed by atoms with Crippen LogP contribution in [0.4, 0.5) is 0 Å². The second-order valence-electron chi connectivity index (χ2n) is 6.01. The van der Waals surface area contributed by atoms with Crippen molar-refractivity contribution in [3.63, 3.8) is 0 Å². The molecule has 2 N–H and O–H groups in total. The predicted octanol–water partition coefficient (Wildman–Crippen LogP) is 2.42. The Morgan fingerprint density at radius 1 is 1.59 bits per heavy atom. The third kappa shape index (κ3) is 3.56. The summed E-state index contributed by atoms with van der Waals surface area (Å²) in [5, 5.41) is 4.27. The zero-order valence-electron chi connectivity index (χ0n) is 13.0. The molecule has 0 aromatic carbocycles. The maximum atomic E-state index is 12.1. The van der Waals surface area contributed by atoms with Crippen molar-refractivity contribution in [1.29, 1.82) is 0 Å². The monoisotopic (exact) mass is 318 g/mol.